The molecular formula is C22H33N5O4. The second-order valence-electron chi connectivity index (χ2n) is 8.01. The normalized spacial score (nSPS) is 19.0. The first-order valence-electron chi connectivity index (χ1n) is 11.1. The van der Waals surface area contributed by atoms with E-state index in [9.17, 15) is 14.4 Å². The van der Waals surface area contributed by atoms with Gasteiger partial charge in [0, 0.05) is 65.5 Å². The van der Waals surface area contributed by atoms with E-state index in [2.05, 4.69) is 14.8 Å². The van der Waals surface area contributed by atoms with Crippen molar-refractivity contribution >= 4 is 23.6 Å². The maximum absolute atomic E-state index is 13.0. The van der Waals surface area contributed by atoms with Crippen LogP contribution >= 0.6 is 0 Å². The quantitative estimate of drug-likeness (QED) is 0.639. The van der Waals surface area contributed by atoms with Gasteiger partial charge in [-0.2, -0.15) is 0 Å². The molecule has 2 fully saturated rings. The summed E-state index contributed by atoms with van der Waals surface area (Å²) in [6.45, 7) is 11.3. The van der Waals surface area contributed by atoms with Gasteiger partial charge in [0.2, 0.25) is 11.8 Å². The van der Waals surface area contributed by atoms with E-state index in [1.165, 1.54) is 0 Å². The second kappa shape index (κ2) is 10.6. The van der Waals surface area contributed by atoms with Crippen LogP contribution in [-0.2, 0) is 14.3 Å². The molecule has 31 heavy (non-hydrogen) atoms. The number of aromatic nitrogens is 1. The molecule has 0 spiro atoms. The summed E-state index contributed by atoms with van der Waals surface area (Å²) in [4.78, 5) is 48.9. The van der Waals surface area contributed by atoms with Crippen molar-refractivity contribution < 1.29 is 19.1 Å². The Kier molecular flexibility index (Phi) is 7.84. The summed E-state index contributed by atoms with van der Waals surface area (Å²) in [7, 11) is 0. The minimum absolute atomic E-state index is 0.0663. The Morgan fingerprint density at radius 3 is 2.32 bits per heavy atom. The molecule has 1 aromatic heterocycles. The third-order valence-electron chi connectivity index (χ3n) is 6.06. The van der Waals surface area contributed by atoms with Gasteiger partial charge in [-0.3, -0.25) is 14.5 Å². The second-order valence-corrected chi connectivity index (χ2v) is 8.01. The van der Waals surface area contributed by atoms with E-state index in [0.29, 0.717) is 38.3 Å². The molecule has 3 heterocycles. The van der Waals surface area contributed by atoms with Gasteiger partial charge < -0.3 is 19.4 Å². The van der Waals surface area contributed by atoms with Crippen LogP contribution in [0.2, 0.25) is 0 Å². The Bertz CT molecular complexity index is 777. The highest BCUT2D eigenvalue weighted by Gasteiger charge is 2.30. The SMILES string of the molecule is CCOC(=O)c1ccc(N2CCCN(C(C)C(=O)N3CCN(C(C)=O)CC3)CC2)nc1. The Labute approximate surface area is 183 Å². The summed E-state index contributed by atoms with van der Waals surface area (Å²) in [5.41, 5.74) is 0.450. The predicted octanol–water partition coefficient (Wildman–Crippen LogP) is 0.850. The van der Waals surface area contributed by atoms with Crippen LogP contribution in [0.25, 0.3) is 0 Å². The number of amides is 2. The average Bonchev–Trinajstić information content (AvgIpc) is 3.05. The van der Waals surface area contributed by atoms with Crippen LogP contribution in [-0.4, -0.2) is 102 Å². The number of hydrogen-bond donors (Lipinski definition) is 0. The molecule has 1 unspecified atom stereocenters. The minimum atomic E-state index is -0.361. The van der Waals surface area contributed by atoms with Crippen molar-refractivity contribution in [3.63, 3.8) is 0 Å². The summed E-state index contributed by atoms with van der Waals surface area (Å²) in [6, 6.07) is 3.41. The molecule has 2 aliphatic rings. The maximum Gasteiger partial charge on any atom is 0.339 e. The zero-order valence-electron chi connectivity index (χ0n) is 18.7. The fraction of sp³-hybridized carbons (Fsp3) is 0.636. The molecule has 9 nitrogen and oxygen atoms in total. The molecule has 0 radical (unpaired) electrons. The molecule has 0 N–H and O–H groups in total. The molecule has 170 valence electrons. The number of nitrogens with zero attached hydrogens (tertiary/aromatic N) is 5. The van der Waals surface area contributed by atoms with Gasteiger partial charge in [-0.1, -0.05) is 0 Å². The molecule has 1 atom stereocenters. The lowest BCUT2D eigenvalue weighted by Crippen LogP contribution is -2.55. The zero-order valence-corrected chi connectivity index (χ0v) is 18.7. The molecule has 1 aromatic rings. The summed E-state index contributed by atoms with van der Waals surface area (Å²) >= 11 is 0. The fourth-order valence-corrected chi connectivity index (χ4v) is 4.12. The van der Waals surface area contributed by atoms with E-state index >= 15 is 0 Å². The van der Waals surface area contributed by atoms with Gasteiger partial charge in [-0.05, 0) is 32.4 Å². The first-order valence-corrected chi connectivity index (χ1v) is 11.1. The van der Waals surface area contributed by atoms with Crippen molar-refractivity contribution in [3.8, 4) is 0 Å². The molecule has 0 bridgehead atoms. The molecule has 0 saturated carbocycles. The molecule has 0 aliphatic carbocycles. The topological polar surface area (TPSA) is 86.3 Å². The fourth-order valence-electron chi connectivity index (χ4n) is 4.12. The molecule has 2 saturated heterocycles. The standard InChI is InChI=1S/C22H33N5O4/c1-4-31-22(30)19-6-7-20(23-16-19)26-9-5-8-24(10-13-26)17(2)21(29)27-14-11-25(12-15-27)18(3)28/h6-7,16-17H,4-5,8-15H2,1-3H3. The Morgan fingerprint density at radius 1 is 1.00 bits per heavy atom. The molecule has 2 amide bonds. The summed E-state index contributed by atoms with van der Waals surface area (Å²) < 4.78 is 5.01. The van der Waals surface area contributed by atoms with Crippen LogP contribution in [0.5, 0.6) is 0 Å². The van der Waals surface area contributed by atoms with Crippen LogP contribution in [0.15, 0.2) is 18.3 Å². The molecular weight excluding hydrogens is 398 g/mol. The number of anilines is 1. The van der Waals surface area contributed by atoms with Crippen molar-refractivity contribution in [2.75, 3.05) is 63.9 Å². The predicted molar refractivity (Wildman–Crippen MR) is 117 cm³/mol. The van der Waals surface area contributed by atoms with Crippen molar-refractivity contribution in [2.24, 2.45) is 0 Å². The van der Waals surface area contributed by atoms with Gasteiger partial charge >= 0.3 is 5.97 Å². The highest BCUT2D eigenvalue weighted by molar-refractivity contribution is 5.89. The van der Waals surface area contributed by atoms with E-state index in [1.54, 1.807) is 31.0 Å². The number of carbonyl (C=O) groups excluding carboxylic acids is 3. The Balaban J connectivity index is 1.54. The van der Waals surface area contributed by atoms with Gasteiger partial charge in [-0.25, -0.2) is 9.78 Å². The third-order valence-corrected chi connectivity index (χ3v) is 6.06. The monoisotopic (exact) mass is 431 g/mol. The minimum Gasteiger partial charge on any atom is -0.462 e. The van der Waals surface area contributed by atoms with Crippen LogP contribution < -0.4 is 4.90 Å². The van der Waals surface area contributed by atoms with Crippen LogP contribution in [0.4, 0.5) is 5.82 Å². The van der Waals surface area contributed by atoms with E-state index in [4.69, 9.17) is 4.74 Å². The van der Waals surface area contributed by atoms with Crippen molar-refractivity contribution in [1.29, 1.82) is 0 Å². The van der Waals surface area contributed by atoms with Crippen molar-refractivity contribution in [1.82, 2.24) is 19.7 Å². The summed E-state index contributed by atoms with van der Waals surface area (Å²) in [5, 5.41) is 0. The molecule has 0 aromatic carbocycles. The lowest BCUT2D eigenvalue weighted by molar-refractivity contribution is -0.141. The number of carbonyl (C=O) groups is 3. The van der Waals surface area contributed by atoms with Gasteiger partial charge in [-0.15, -0.1) is 0 Å². The number of rotatable bonds is 5. The summed E-state index contributed by atoms with van der Waals surface area (Å²) in [5.74, 6) is 0.666. The van der Waals surface area contributed by atoms with E-state index in [0.717, 1.165) is 38.4 Å². The first-order chi connectivity index (χ1) is 14.9. The van der Waals surface area contributed by atoms with Crippen LogP contribution in [0, 0.1) is 0 Å². The number of ether oxygens (including phenoxy) is 1. The summed E-state index contributed by atoms with van der Waals surface area (Å²) in [6.07, 6.45) is 2.49. The van der Waals surface area contributed by atoms with E-state index in [-0.39, 0.29) is 23.8 Å². The first kappa shape index (κ1) is 23.0. The van der Waals surface area contributed by atoms with Crippen LogP contribution in [0.3, 0.4) is 0 Å². The highest BCUT2D eigenvalue weighted by Crippen LogP contribution is 2.17. The Hall–Kier alpha value is -2.68. The van der Waals surface area contributed by atoms with Gasteiger partial charge in [0.25, 0.3) is 0 Å². The number of esters is 1. The van der Waals surface area contributed by atoms with Crippen molar-refractivity contribution in [3.05, 3.63) is 23.9 Å². The molecule has 9 heteroatoms. The smallest absolute Gasteiger partial charge is 0.339 e. The van der Waals surface area contributed by atoms with E-state index < -0.39 is 0 Å². The van der Waals surface area contributed by atoms with E-state index in [1.807, 2.05) is 17.9 Å². The number of piperazine rings is 1. The maximum atomic E-state index is 13.0. The Morgan fingerprint density at radius 2 is 1.71 bits per heavy atom. The molecule has 2 aliphatic heterocycles. The molecule has 3 rings (SSSR count). The number of hydrogen-bond acceptors (Lipinski definition) is 7. The van der Waals surface area contributed by atoms with Gasteiger partial charge in [0.05, 0.1) is 18.2 Å². The van der Waals surface area contributed by atoms with Crippen LogP contribution in [0.1, 0.15) is 37.6 Å². The lowest BCUT2D eigenvalue weighted by Gasteiger charge is -2.37. The van der Waals surface area contributed by atoms with Crippen molar-refractivity contribution in [2.45, 2.75) is 33.2 Å². The third kappa shape index (κ3) is 5.72. The van der Waals surface area contributed by atoms with Gasteiger partial charge in [0.1, 0.15) is 5.82 Å². The average molecular weight is 432 g/mol. The largest absolute Gasteiger partial charge is 0.462 e. The highest BCUT2D eigenvalue weighted by atomic mass is 16.5. The zero-order chi connectivity index (χ0) is 22.4. The lowest BCUT2D eigenvalue weighted by atomic mass is 10.2. The van der Waals surface area contributed by atoms with Gasteiger partial charge in [0.15, 0.2) is 0 Å². The number of pyridine rings is 1.